The molecule has 6 heteroatoms. The Balaban J connectivity index is 1.98. The van der Waals surface area contributed by atoms with Gasteiger partial charge in [0, 0.05) is 18.4 Å². The first-order valence-corrected chi connectivity index (χ1v) is 8.09. The first-order chi connectivity index (χ1) is 11.5. The minimum Gasteiger partial charge on any atom is -0.474 e. The Morgan fingerprint density at radius 3 is 2.88 bits per heavy atom. The van der Waals surface area contributed by atoms with Crippen LogP contribution < -0.4 is 15.2 Å². The van der Waals surface area contributed by atoms with Gasteiger partial charge in [-0.3, -0.25) is 14.5 Å². The molecule has 3 rings (SSSR count). The molecule has 0 aliphatic carbocycles. The van der Waals surface area contributed by atoms with Crippen molar-refractivity contribution in [3.05, 3.63) is 52.1 Å². The molecule has 0 saturated carbocycles. The molecule has 0 N–H and O–H groups in total. The summed E-state index contributed by atoms with van der Waals surface area (Å²) in [5.74, 6) is 0.450. The molecule has 0 aromatic carbocycles. The number of pyridine rings is 2. The molecule has 2 aromatic rings. The van der Waals surface area contributed by atoms with Crippen molar-refractivity contribution in [2.45, 2.75) is 27.3 Å². The third kappa shape index (κ3) is 3.04. The molecule has 0 saturated heterocycles. The van der Waals surface area contributed by atoms with Crippen LogP contribution in [0, 0.1) is 12.8 Å². The Hall–Kier alpha value is -2.63. The maximum Gasteiger partial charge on any atom is 0.264 e. The fraction of sp³-hybridized carbons (Fsp3) is 0.389. The SMILES string of the molecule is Cc1ccc2c(n1)OCCN2C(=O)c1cccn(CC(C)C)c1=O. The van der Waals surface area contributed by atoms with E-state index in [9.17, 15) is 9.59 Å². The maximum absolute atomic E-state index is 12.9. The van der Waals surface area contributed by atoms with Gasteiger partial charge in [-0.15, -0.1) is 0 Å². The number of hydrogen-bond acceptors (Lipinski definition) is 4. The molecule has 126 valence electrons. The van der Waals surface area contributed by atoms with Gasteiger partial charge in [0.2, 0.25) is 5.88 Å². The van der Waals surface area contributed by atoms with Crippen LogP contribution in [0.15, 0.2) is 35.3 Å². The zero-order valence-corrected chi connectivity index (χ0v) is 14.2. The van der Waals surface area contributed by atoms with Gasteiger partial charge in [-0.05, 0) is 37.1 Å². The fourth-order valence-electron chi connectivity index (χ4n) is 2.78. The summed E-state index contributed by atoms with van der Waals surface area (Å²) in [6.07, 6.45) is 1.72. The Kier molecular flexibility index (Phi) is 4.38. The van der Waals surface area contributed by atoms with Crippen molar-refractivity contribution in [1.82, 2.24) is 9.55 Å². The van der Waals surface area contributed by atoms with Gasteiger partial charge in [-0.2, -0.15) is 0 Å². The summed E-state index contributed by atoms with van der Waals surface area (Å²) in [4.78, 5) is 31.4. The van der Waals surface area contributed by atoms with Gasteiger partial charge in [-0.1, -0.05) is 13.8 Å². The van der Waals surface area contributed by atoms with E-state index < -0.39 is 0 Å². The van der Waals surface area contributed by atoms with Crippen LogP contribution in [0.3, 0.4) is 0 Å². The van der Waals surface area contributed by atoms with E-state index in [1.807, 2.05) is 32.9 Å². The number of aromatic nitrogens is 2. The highest BCUT2D eigenvalue weighted by atomic mass is 16.5. The molecular formula is C18H21N3O3. The summed E-state index contributed by atoms with van der Waals surface area (Å²) in [6, 6.07) is 6.96. The highest BCUT2D eigenvalue weighted by Gasteiger charge is 2.27. The van der Waals surface area contributed by atoms with E-state index >= 15 is 0 Å². The number of nitrogens with zero attached hydrogens (tertiary/aromatic N) is 3. The second kappa shape index (κ2) is 6.47. The Morgan fingerprint density at radius 1 is 1.33 bits per heavy atom. The van der Waals surface area contributed by atoms with E-state index in [4.69, 9.17) is 4.74 Å². The number of hydrogen-bond donors (Lipinski definition) is 0. The van der Waals surface area contributed by atoms with Gasteiger partial charge in [0.15, 0.2) is 0 Å². The van der Waals surface area contributed by atoms with Gasteiger partial charge in [-0.25, -0.2) is 4.98 Å². The number of carbonyl (C=O) groups is 1. The minimum atomic E-state index is -0.312. The molecule has 3 heterocycles. The summed E-state index contributed by atoms with van der Waals surface area (Å²) in [5, 5.41) is 0. The van der Waals surface area contributed by atoms with Crippen molar-refractivity contribution in [1.29, 1.82) is 0 Å². The Labute approximate surface area is 140 Å². The standard InChI is InChI=1S/C18H21N3O3/c1-12(2)11-20-8-4-5-14(17(20)22)18(23)21-9-10-24-16-15(21)7-6-13(3)19-16/h4-8,12H,9-11H2,1-3H3. The molecule has 1 aliphatic rings. The number of ether oxygens (including phenoxy) is 1. The molecule has 0 atom stereocenters. The molecule has 1 aliphatic heterocycles. The van der Waals surface area contributed by atoms with Gasteiger partial charge in [0.1, 0.15) is 17.9 Å². The molecule has 1 amide bonds. The van der Waals surface area contributed by atoms with E-state index in [2.05, 4.69) is 4.98 Å². The van der Waals surface area contributed by atoms with Gasteiger partial charge >= 0.3 is 0 Å². The first-order valence-electron chi connectivity index (χ1n) is 8.09. The number of rotatable bonds is 3. The van der Waals surface area contributed by atoms with Crippen molar-refractivity contribution in [2.75, 3.05) is 18.1 Å². The quantitative estimate of drug-likeness (QED) is 0.867. The minimum absolute atomic E-state index is 0.173. The van der Waals surface area contributed by atoms with Crippen LogP contribution in [0.4, 0.5) is 5.69 Å². The molecule has 0 radical (unpaired) electrons. The van der Waals surface area contributed by atoms with Crippen LogP contribution in [-0.2, 0) is 6.54 Å². The van der Waals surface area contributed by atoms with Crippen LogP contribution in [0.5, 0.6) is 5.88 Å². The third-order valence-corrected chi connectivity index (χ3v) is 3.88. The average Bonchev–Trinajstić information content (AvgIpc) is 2.55. The molecule has 0 fully saturated rings. The lowest BCUT2D eigenvalue weighted by molar-refractivity contribution is 0.0973. The molecule has 2 aromatic heterocycles. The molecule has 24 heavy (non-hydrogen) atoms. The number of anilines is 1. The average molecular weight is 327 g/mol. The summed E-state index contributed by atoms with van der Waals surface area (Å²) < 4.78 is 7.13. The molecule has 0 unspecified atom stereocenters. The zero-order valence-electron chi connectivity index (χ0n) is 14.2. The van der Waals surface area contributed by atoms with Gasteiger partial charge in [0.25, 0.3) is 11.5 Å². The number of aryl methyl sites for hydroxylation is 1. The highest BCUT2D eigenvalue weighted by molar-refractivity contribution is 6.06. The largest absolute Gasteiger partial charge is 0.474 e. The topological polar surface area (TPSA) is 64.4 Å². The Bertz CT molecular complexity index is 826. The highest BCUT2D eigenvalue weighted by Crippen LogP contribution is 2.30. The summed E-state index contributed by atoms with van der Waals surface area (Å²) in [7, 11) is 0. The van der Waals surface area contributed by atoms with Crippen molar-refractivity contribution in [2.24, 2.45) is 5.92 Å². The van der Waals surface area contributed by atoms with E-state index in [1.54, 1.807) is 27.8 Å². The second-order valence-corrected chi connectivity index (χ2v) is 6.36. The van der Waals surface area contributed by atoms with Crippen molar-refractivity contribution in [3.63, 3.8) is 0 Å². The fourth-order valence-corrected chi connectivity index (χ4v) is 2.78. The zero-order chi connectivity index (χ0) is 17.3. The summed E-state index contributed by atoms with van der Waals surface area (Å²) in [5.41, 5.74) is 1.34. The summed E-state index contributed by atoms with van der Waals surface area (Å²) >= 11 is 0. The predicted molar refractivity (Wildman–Crippen MR) is 91.7 cm³/mol. The normalized spacial score (nSPS) is 13.6. The molecule has 0 bridgehead atoms. The van der Waals surface area contributed by atoms with Gasteiger partial charge in [0.05, 0.1) is 6.54 Å². The third-order valence-electron chi connectivity index (χ3n) is 3.88. The first kappa shape index (κ1) is 16.2. The maximum atomic E-state index is 12.9. The summed E-state index contributed by atoms with van der Waals surface area (Å²) in [6.45, 7) is 7.28. The monoisotopic (exact) mass is 327 g/mol. The Morgan fingerprint density at radius 2 is 2.12 bits per heavy atom. The predicted octanol–water partition coefficient (Wildman–Crippen LogP) is 2.25. The number of carbonyl (C=O) groups excluding carboxylic acids is 1. The van der Waals surface area contributed by atoms with E-state index in [-0.39, 0.29) is 17.0 Å². The van der Waals surface area contributed by atoms with Crippen LogP contribution in [0.2, 0.25) is 0 Å². The van der Waals surface area contributed by atoms with Crippen LogP contribution in [-0.4, -0.2) is 28.6 Å². The van der Waals surface area contributed by atoms with Crippen LogP contribution >= 0.6 is 0 Å². The lowest BCUT2D eigenvalue weighted by Gasteiger charge is -2.28. The smallest absolute Gasteiger partial charge is 0.264 e. The van der Waals surface area contributed by atoms with Crippen LogP contribution in [0.25, 0.3) is 0 Å². The second-order valence-electron chi connectivity index (χ2n) is 6.36. The van der Waals surface area contributed by atoms with Crippen molar-refractivity contribution < 1.29 is 9.53 Å². The van der Waals surface area contributed by atoms with Crippen molar-refractivity contribution in [3.8, 4) is 5.88 Å². The molecule has 6 nitrogen and oxygen atoms in total. The lowest BCUT2D eigenvalue weighted by atomic mass is 10.2. The van der Waals surface area contributed by atoms with E-state index in [0.29, 0.717) is 37.2 Å². The number of amides is 1. The number of fused-ring (bicyclic) bond motifs is 1. The molecule has 0 spiro atoms. The van der Waals surface area contributed by atoms with Gasteiger partial charge < -0.3 is 9.30 Å². The molecular weight excluding hydrogens is 306 g/mol. The lowest BCUT2D eigenvalue weighted by Crippen LogP contribution is -2.41. The van der Waals surface area contributed by atoms with Crippen LogP contribution in [0.1, 0.15) is 29.9 Å². The van der Waals surface area contributed by atoms with E-state index in [1.165, 1.54) is 0 Å². The van der Waals surface area contributed by atoms with E-state index in [0.717, 1.165) is 5.69 Å². The van der Waals surface area contributed by atoms with Crippen molar-refractivity contribution >= 4 is 11.6 Å².